The lowest BCUT2D eigenvalue weighted by Crippen LogP contribution is -2.57. The van der Waals surface area contributed by atoms with Gasteiger partial charge in [0.05, 0.1) is 19.8 Å². The van der Waals surface area contributed by atoms with Gasteiger partial charge in [0.25, 0.3) is 0 Å². The minimum absolute atomic E-state index is 0.195. The normalized spacial score (nSPS) is 19.9. The number of carbonyl (C=O) groups is 1. The van der Waals surface area contributed by atoms with Gasteiger partial charge >= 0.3 is 0 Å². The number of nitrogens with two attached hydrogens (primary N) is 2. The fraction of sp³-hybridized carbons (Fsp3) is 0.900. The molecule has 1 rings (SSSR count). The van der Waals surface area contributed by atoms with Gasteiger partial charge in [0.15, 0.2) is 0 Å². The molecule has 5 nitrogen and oxygen atoms in total. The van der Waals surface area contributed by atoms with Gasteiger partial charge in [-0.2, -0.15) is 0 Å². The molecule has 0 spiro atoms. The minimum atomic E-state index is -0.980. The van der Waals surface area contributed by atoms with E-state index >= 15 is 0 Å². The highest BCUT2D eigenvalue weighted by Gasteiger charge is 2.47. The first-order valence-electron chi connectivity index (χ1n) is 5.35. The Kier molecular flexibility index (Phi) is 4.50. The van der Waals surface area contributed by atoms with Crippen LogP contribution in [0.5, 0.6) is 0 Å². The number of primary amides is 1. The molecule has 1 amide bonds. The number of ether oxygens (including phenoxy) is 2. The van der Waals surface area contributed by atoms with Gasteiger partial charge in [0, 0.05) is 6.61 Å². The molecule has 1 atom stereocenters. The van der Waals surface area contributed by atoms with E-state index in [0.29, 0.717) is 19.8 Å². The second-order valence-corrected chi connectivity index (χ2v) is 3.93. The quantitative estimate of drug-likeness (QED) is 0.542. The van der Waals surface area contributed by atoms with Crippen LogP contribution in [0.4, 0.5) is 0 Å². The second-order valence-electron chi connectivity index (χ2n) is 3.93. The van der Waals surface area contributed by atoms with Crippen LogP contribution in [0.2, 0.25) is 0 Å². The molecule has 1 saturated carbocycles. The van der Waals surface area contributed by atoms with Crippen molar-refractivity contribution in [2.45, 2.75) is 25.3 Å². The Balaban J connectivity index is 2.23. The highest BCUT2D eigenvalue weighted by molar-refractivity contribution is 5.85. The fourth-order valence-corrected chi connectivity index (χ4v) is 1.49. The van der Waals surface area contributed by atoms with E-state index in [2.05, 4.69) is 0 Å². The third kappa shape index (κ3) is 3.44. The van der Waals surface area contributed by atoms with E-state index in [0.717, 1.165) is 12.8 Å². The summed E-state index contributed by atoms with van der Waals surface area (Å²) in [5, 5.41) is 0. The van der Waals surface area contributed by atoms with E-state index in [1.165, 1.54) is 0 Å². The van der Waals surface area contributed by atoms with Crippen molar-refractivity contribution in [1.82, 2.24) is 0 Å². The van der Waals surface area contributed by atoms with E-state index in [9.17, 15) is 4.79 Å². The van der Waals surface area contributed by atoms with Crippen LogP contribution in [0.3, 0.4) is 0 Å². The van der Waals surface area contributed by atoms with Crippen LogP contribution in [0.1, 0.15) is 19.8 Å². The van der Waals surface area contributed by atoms with Crippen LogP contribution < -0.4 is 11.5 Å². The van der Waals surface area contributed by atoms with E-state index in [4.69, 9.17) is 20.9 Å². The maximum atomic E-state index is 11.2. The number of carbonyl (C=O) groups excluding carboxylic acids is 1. The average Bonchev–Trinajstić information content (AvgIpc) is 3.00. The van der Waals surface area contributed by atoms with Gasteiger partial charge in [0.2, 0.25) is 5.91 Å². The standard InChI is InChI=1S/C10H20N2O3/c1-2-14-5-6-15-7-10(12,9(11)13)8-3-4-8/h8H,2-7,12H2,1H3,(H2,11,13). The maximum absolute atomic E-state index is 11.2. The summed E-state index contributed by atoms with van der Waals surface area (Å²) in [5.41, 5.74) is 10.2. The highest BCUT2D eigenvalue weighted by Crippen LogP contribution is 2.38. The summed E-state index contributed by atoms with van der Waals surface area (Å²) in [7, 11) is 0. The molecule has 0 aromatic rings. The summed E-state index contributed by atoms with van der Waals surface area (Å²) in [6.45, 7) is 3.75. The molecule has 0 heterocycles. The molecular formula is C10H20N2O3. The summed E-state index contributed by atoms with van der Waals surface area (Å²) in [6.07, 6.45) is 1.93. The van der Waals surface area contributed by atoms with Crippen molar-refractivity contribution in [2.24, 2.45) is 17.4 Å². The molecular weight excluding hydrogens is 196 g/mol. The predicted octanol–water partition coefficient (Wildman–Crippen LogP) is -0.368. The van der Waals surface area contributed by atoms with Gasteiger partial charge in [-0.25, -0.2) is 0 Å². The lowest BCUT2D eigenvalue weighted by molar-refractivity contribution is -0.126. The zero-order chi connectivity index (χ0) is 11.3. The molecule has 0 bridgehead atoms. The average molecular weight is 216 g/mol. The summed E-state index contributed by atoms with van der Waals surface area (Å²) in [5.74, 6) is -0.275. The van der Waals surface area contributed by atoms with Gasteiger partial charge < -0.3 is 20.9 Å². The summed E-state index contributed by atoms with van der Waals surface area (Å²) >= 11 is 0. The topological polar surface area (TPSA) is 87.6 Å². The first kappa shape index (κ1) is 12.4. The summed E-state index contributed by atoms with van der Waals surface area (Å²) in [6, 6.07) is 0. The van der Waals surface area contributed by atoms with Crippen LogP contribution in [0.25, 0.3) is 0 Å². The van der Waals surface area contributed by atoms with Gasteiger partial charge in [-0.05, 0) is 25.7 Å². The van der Waals surface area contributed by atoms with Crippen LogP contribution in [0, 0.1) is 5.92 Å². The zero-order valence-electron chi connectivity index (χ0n) is 9.20. The Labute approximate surface area is 90.1 Å². The van der Waals surface area contributed by atoms with Crippen LogP contribution in [0.15, 0.2) is 0 Å². The molecule has 88 valence electrons. The third-order valence-electron chi connectivity index (χ3n) is 2.68. The van der Waals surface area contributed by atoms with Crippen molar-refractivity contribution >= 4 is 5.91 Å². The number of hydrogen-bond donors (Lipinski definition) is 2. The molecule has 1 unspecified atom stereocenters. The van der Waals surface area contributed by atoms with Gasteiger partial charge in [-0.3, -0.25) is 4.79 Å². The van der Waals surface area contributed by atoms with Crippen LogP contribution in [-0.2, 0) is 14.3 Å². The molecule has 0 saturated heterocycles. The Morgan fingerprint density at radius 1 is 1.40 bits per heavy atom. The first-order chi connectivity index (χ1) is 7.11. The maximum Gasteiger partial charge on any atom is 0.240 e. The molecule has 0 aliphatic heterocycles. The number of rotatable bonds is 8. The molecule has 5 heteroatoms. The Bertz CT molecular complexity index is 219. The number of amides is 1. The molecule has 0 radical (unpaired) electrons. The van der Waals surface area contributed by atoms with Crippen molar-refractivity contribution in [2.75, 3.05) is 26.4 Å². The Hall–Kier alpha value is -0.650. The van der Waals surface area contributed by atoms with Crippen LogP contribution >= 0.6 is 0 Å². The first-order valence-corrected chi connectivity index (χ1v) is 5.35. The highest BCUT2D eigenvalue weighted by atomic mass is 16.5. The lowest BCUT2D eigenvalue weighted by Gasteiger charge is -2.25. The fourth-order valence-electron chi connectivity index (χ4n) is 1.49. The van der Waals surface area contributed by atoms with E-state index in [-0.39, 0.29) is 12.5 Å². The smallest absolute Gasteiger partial charge is 0.240 e. The SMILES string of the molecule is CCOCCOCC(N)(C(N)=O)C1CC1. The Morgan fingerprint density at radius 3 is 2.47 bits per heavy atom. The van der Waals surface area contributed by atoms with E-state index < -0.39 is 11.4 Å². The molecule has 0 aromatic carbocycles. The predicted molar refractivity (Wildman–Crippen MR) is 56.1 cm³/mol. The monoisotopic (exact) mass is 216 g/mol. The van der Waals surface area contributed by atoms with Crippen molar-refractivity contribution in [3.05, 3.63) is 0 Å². The van der Waals surface area contributed by atoms with Crippen LogP contribution in [-0.4, -0.2) is 37.9 Å². The number of hydrogen-bond acceptors (Lipinski definition) is 4. The Morgan fingerprint density at radius 2 is 2.00 bits per heavy atom. The van der Waals surface area contributed by atoms with Crippen molar-refractivity contribution in [3.63, 3.8) is 0 Å². The molecule has 15 heavy (non-hydrogen) atoms. The summed E-state index contributed by atoms with van der Waals surface area (Å²) < 4.78 is 10.4. The van der Waals surface area contributed by atoms with E-state index in [1.54, 1.807) is 0 Å². The largest absolute Gasteiger partial charge is 0.379 e. The molecule has 1 aliphatic rings. The summed E-state index contributed by atoms with van der Waals surface area (Å²) in [4.78, 5) is 11.2. The third-order valence-corrected chi connectivity index (χ3v) is 2.68. The molecule has 1 fully saturated rings. The van der Waals surface area contributed by atoms with Crippen molar-refractivity contribution in [3.8, 4) is 0 Å². The lowest BCUT2D eigenvalue weighted by atomic mass is 9.95. The van der Waals surface area contributed by atoms with Gasteiger partial charge in [-0.1, -0.05) is 0 Å². The molecule has 1 aliphatic carbocycles. The molecule has 4 N–H and O–H groups in total. The molecule has 0 aromatic heterocycles. The van der Waals surface area contributed by atoms with Crippen molar-refractivity contribution in [1.29, 1.82) is 0 Å². The minimum Gasteiger partial charge on any atom is -0.379 e. The van der Waals surface area contributed by atoms with Crippen molar-refractivity contribution < 1.29 is 14.3 Å². The zero-order valence-corrected chi connectivity index (χ0v) is 9.20. The second kappa shape index (κ2) is 5.44. The van der Waals surface area contributed by atoms with Gasteiger partial charge in [-0.15, -0.1) is 0 Å². The van der Waals surface area contributed by atoms with E-state index in [1.807, 2.05) is 6.92 Å². The van der Waals surface area contributed by atoms with Gasteiger partial charge in [0.1, 0.15) is 5.54 Å².